The first-order chi connectivity index (χ1) is 7.71. The topological polar surface area (TPSA) is 21.3 Å². The molecule has 0 aromatic heterocycles. The molecule has 0 fully saturated rings. The van der Waals surface area contributed by atoms with Crippen molar-refractivity contribution in [2.75, 3.05) is 7.11 Å². The summed E-state index contributed by atoms with van der Waals surface area (Å²) in [7, 11) is 1.67. The summed E-state index contributed by atoms with van der Waals surface area (Å²) in [6, 6.07) is 8.48. The Kier molecular flexibility index (Phi) is 4.88. The molecular formula is C14H19NO. The van der Waals surface area contributed by atoms with E-state index < -0.39 is 0 Å². The van der Waals surface area contributed by atoms with Gasteiger partial charge >= 0.3 is 0 Å². The Morgan fingerprint density at radius 2 is 2.00 bits per heavy atom. The zero-order valence-corrected chi connectivity index (χ0v) is 10.2. The van der Waals surface area contributed by atoms with Gasteiger partial charge in [-0.05, 0) is 31.0 Å². The van der Waals surface area contributed by atoms with Gasteiger partial charge in [0.25, 0.3) is 0 Å². The second-order valence-corrected chi connectivity index (χ2v) is 3.79. The van der Waals surface area contributed by atoms with E-state index in [9.17, 15) is 0 Å². The third kappa shape index (κ3) is 3.29. The lowest BCUT2D eigenvalue weighted by atomic mass is 10.0. The standard InChI is InChI=1S/C14H19NO/c1-5-11(3)15-14(6-2)12-7-9-13(16-4)10-8-12/h1,7-11,14-15H,6H2,2-4H3. The average Bonchev–Trinajstić information content (AvgIpc) is 2.35. The molecule has 1 N–H and O–H groups in total. The predicted octanol–water partition coefficient (Wildman–Crippen LogP) is 2.76. The number of methoxy groups -OCH3 is 1. The molecule has 2 unspecified atom stereocenters. The van der Waals surface area contributed by atoms with Crippen LogP contribution in [0.1, 0.15) is 31.9 Å². The van der Waals surface area contributed by atoms with E-state index in [0.717, 1.165) is 12.2 Å². The summed E-state index contributed by atoms with van der Waals surface area (Å²) in [6.45, 7) is 4.14. The van der Waals surface area contributed by atoms with Crippen LogP contribution < -0.4 is 10.1 Å². The van der Waals surface area contributed by atoms with Gasteiger partial charge in [0.05, 0.1) is 13.2 Å². The number of rotatable bonds is 5. The molecule has 86 valence electrons. The van der Waals surface area contributed by atoms with Gasteiger partial charge in [0.2, 0.25) is 0 Å². The molecule has 2 heteroatoms. The minimum absolute atomic E-state index is 0.0899. The van der Waals surface area contributed by atoms with Crippen molar-refractivity contribution >= 4 is 0 Å². The summed E-state index contributed by atoms with van der Waals surface area (Å²) in [4.78, 5) is 0. The third-order valence-electron chi connectivity index (χ3n) is 2.63. The molecule has 0 radical (unpaired) electrons. The highest BCUT2D eigenvalue weighted by atomic mass is 16.5. The molecule has 0 aliphatic heterocycles. The minimum atomic E-state index is 0.0899. The molecule has 1 aromatic carbocycles. The van der Waals surface area contributed by atoms with Gasteiger partial charge in [0.15, 0.2) is 0 Å². The van der Waals surface area contributed by atoms with Gasteiger partial charge in [-0.2, -0.15) is 0 Å². The zero-order valence-electron chi connectivity index (χ0n) is 10.2. The maximum atomic E-state index is 5.37. The first-order valence-corrected chi connectivity index (χ1v) is 5.57. The fourth-order valence-electron chi connectivity index (χ4n) is 1.64. The molecule has 1 rings (SSSR count). The van der Waals surface area contributed by atoms with Crippen LogP contribution in [0.3, 0.4) is 0 Å². The zero-order chi connectivity index (χ0) is 12.0. The molecule has 2 atom stereocenters. The van der Waals surface area contributed by atoms with Crippen LogP contribution in [0, 0.1) is 12.3 Å². The summed E-state index contributed by atoms with van der Waals surface area (Å²) in [5.41, 5.74) is 1.24. The quantitative estimate of drug-likeness (QED) is 0.766. The Morgan fingerprint density at radius 1 is 1.38 bits per heavy atom. The monoisotopic (exact) mass is 217 g/mol. The van der Waals surface area contributed by atoms with E-state index in [1.54, 1.807) is 7.11 Å². The van der Waals surface area contributed by atoms with Crippen LogP contribution in [0.2, 0.25) is 0 Å². The van der Waals surface area contributed by atoms with Gasteiger partial charge < -0.3 is 4.74 Å². The fourth-order valence-corrected chi connectivity index (χ4v) is 1.64. The van der Waals surface area contributed by atoms with Gasteiger partial charge in [-0.15, -0.1) is 6.42 Å². The lowest BCUT2D eigenvalue weighted by molar-refractivity contribution is 0.414. The Labute approximate surface area is 98.0 Å². The number of nitrogens with one attached hydrogen (secondary N) is 1. The molecule has 0 aliphatic rings. The first-order valence-electron chi connectivity index (χ1n) is 5.57. The van der Waals surface area contributed by atoms with Crippen molar-refractivity contribution in [1.29, 1.82) is 0 Å². The maximum Gasteiger partial charge on any atom is 0.118 e. The summed E-state index contributed by atoms with van der Waals surface area (Å²) >= 11 is 0. The van der Waals surface area contributed by atoms with Crippen LogP contribution >= 0.6 is 0 Å². The molecule has 0 aliphatic carbocycles. The highest BCUT2D eigenvalue weighted by molar-refractivity contribution is 5.29. The number of ether oxygens (including phenoxy) is 1. The second kappa shape index (κ2) is 6.19. The van der Waals surface area contributed by atoms with E-state index in [0.29, 0.717) is 6.04 Å². The van der Waals surface area contributed by atoms with Crippen molar-refractivity contribution in [1.82, 2.24) is 5.32 Å². The number of hydrogen-bond donors (Lipinski definition) is 1. The van der Waals surface area contributed by atoms with E-state index in [-0.39, 0.29) is 6.04 Å². The first kappa shape index (κ1) is 12.6. The molecule has 0 saturated heterocycles. The molecule has 16 heavy (non-hydrogen) atoms. The van der Waals surface area contributed by atoms with E-state index in [4.69, 9.17) is 11.2 Å². The van der Waals surface area contributed by atoms with Crippen molar-refractivity contribution in [2.45, 2.75) is 32.4 Å². The van der Waals surface area contributed by atoms with E-state index in [2.05, 4.69) is 30.3 Å². The van der Waals surface area contributed by atoms with E-state index in [1.807, 2.05) is 19.1 Å². The van der Waals surface area contributed by atoms with Crippen molar-refractivity contribution in [3.63, 3.8) is 0 Å². The maximum absolute atomic E-state index is 5.37. The van der Waals surface area contributed by atoms with E-state index in [1.165, 1.54) is 5.56 Å². The van der Waals surface area contributed by atoms with Crippen LogP contribution in [0.4, 0.5) is 0 Å². The Balaban J connectivity index is 2.75. The molecule has 2 nitrogen and oxygen atoms in total. The molecule has 0 spiro atoms. The molecule has 1 aromatic rings. The third-order valence-corrected chi connectivity index (χ3v) is 2.63. The van der Waals surface area contributed by atoms with Crippen LogP contribution in [0.15, 0.2) is 24.3 Å². The summed E-state index contributed by atoms with van der Waals surface area (Å²) in [5, 5.41) is 3.39. The molecule has 0 amide bonds. The SMILES string of the molecule is C#CC(C)NC(CC)c1ccc(OC)cc1. The van der Waals surface area contributed by atoms with Crippen LogP contribution in [0.25, 0.3) is 0 Å². The van der Waals surface area contributed by atoms with Crippen molar-refractivity contribution in [3.8, 4) is 18.1 Å². The highest BCUT2D eigenvalue weighted by Gasteiger charge is 2.10. The predicted molar refractivity (Wildman–Crippen MR) is 67.5 cm³/mol. The molecular weight excluding hydrogens is 198 g/mol. The van der Waals surface area contributed by atoms with Crippen molar-refractivity contribution in [3.05, 3.63) is 29.8 Å². The van der Waals surface area contributed by atoms with Crippen LogP contribution in [-0.2, 0) is 0 Å². The normalized spacial score (nSPS) is 13.9. The fraction of sp³-hybridized carbons (Fsp3) is 0.429. The lowest BCUT2D eigenvalue weighted by Gasteiger charge is -2.19. The Morgan fingerprint density at radius 3 is 2.44 bits per heavy atom. The van der Waals surface area contributed by atoms with Crippen LogP contribution in [0.5, 0.6) is 5.75 Å². The van der Waals surface area contributed by atoms with E-state index >= 15 is 0 Å². The Hall–Kier alpha value is -1.46. The highest BCUT2D eigenvalue weighted by Crippen LogP contribution is 2.20. The second-order valence-electron chi connectivity index (χ2n) is 3.79. The van der Waals surface area contributed by atoms with Crippen molar-refractivity contribution in [2.24, 2.45) is 0 Å². The number of benzene rings is 1. The molecule has 0 saturated carbocycles. The Bertz CT molecular complexity index is 350. The number of terminal acetylenes is 1. The van der Waals surface area contributed by atoms with Gasteiger partial charge in [-0.1, -0.05) is 25.0 Å². The largest absolute Gasteiger partial charge is 0.497 e. The average molecular weight is 217 g/mol. The van der Waals surface area contributed by atoms with Gasteiger partial charge in [0.1, 0.15) is 5.75 Å². The minimum Gasteiger partial charge on any atom is -0.497 e. The smallest absolute Gasteiger partial charge is 0.118 e. The summed E-state index contributed by atoms with van der Waals surface area (Å²) in [5.74, 6) is 3.56. The van der Waals surface area contributed by atoms with Gasteiger partial charge in [-0.3, -0.25) is 5.32 Å². The van der Waals surface area contributed by atoms with Gasteiger partial charge in [0, 0.05) is 6.04 Å². The summed E-state index contributed by atoms with van der Waals surface area (Å²) < 4.78 is 5.13. The van der Waals surface area contributed by atoms with Crippen molar-refractivity contribution < 1.29 is 4.74 Å². The molecule has 0 heterocycles. The van der Waals surface area contributed by atoms with Crippen LogP contribution in [-0.4, -0.2) is 13.2 Å². The molecule has 0 bridgehead atoms. The summed E-state index contributed by atoms with van der Waals surface area (Å²) in [6.07, 6.45) is 6.38. The van der Waals surface area contributed by atoms with Gasteiger partial charge in [-0.25, -0.2) is 0 Å². The number of hydrogen-bond acceptors (Lipinski definition) is 2. The lowest BCUT2D eigenvalue weighted by Crippen LogP contribution is -2.28.